The molecule has 0 spiro atoms. The lowest BCUT2D eigenvalue weighted by Crippen LogP contribution is -1.99. The molecule has 1 aromatic carbocycles. The fraction of sp³-hybridized carbons (Fsp3) is 0. The zero-order chi connectivity index (χ0) is 16.3. The van der Waals surface area contributed by atoms with Gasteiger partial charge in [-0.1, -0.05) is 0 Å². The highest BCUT2D eigenvalue weighted by Crippen LogP contribution is 2.40. The van der Waals surface area contributed by atoms with Crippen molar-refractivity contribution in [3.05, 3.63) is 44.5 Å². The molecule has 2 rings (SSSR count). The Balaban J connectivity index is 2.14. The molecule has 0 amide bonds. The number of rotatable bonds is 4. The van der Waals surface area contributed by atoms with E-state index in [-0.39, 0.29) is 21.5 Å². The van der Waals surface area contributed by atoms with Crippen molar-refractivity contribution in [1.82, 2.24) is 4.98 Å². The van der Waals surface area contributed by atoms with Crippen LogP contribution in [0.1, 0.15) is 15.9 Å². The molecule has 114 valence electrons. The molecule has 0 aliphatic heterocycles. The van der Waals surface area contributed by atoms with Crippen molar-refractivity contribution < 1.29 is 20.1 Å². The number of phenolic OH excluding ortho intramolecular Hbond substituents is 2. The van der Waals surface area contributed by atoms with Crippen molar-refractivity contribution in [2.24, 2.45) is 5.10 Å². The predicted octanol–water partition coefficient (Wildman–Crippen LogP) is 3.16. The van der Waals surface area contributed by atoms with E-state index in [0.29, 0.717) is 15.9 Å². The highest BCUT2D eigenvalue weighted by molar-refractivity contribution is 9.11. The first-order chi connectivity index (χ1) is 10.4. The van der Waals surface area contributed by atoms with E-state index < -0.39 is 5.97 Å². The first-order valence-corrected chi connectivity index (χ1v) is 7.37. The highest BCUT2D eigenvalue weighted by atomic mass is 79.9. The number of halogens is 2. The fourth-order valence-electron chi connectivity index (χ4n) is 1.47. The van der Waals surface area contributed by atoms with Gasteiger partial charge in [-0.05, 0) is 50.1 Å². The normalized spacial score (nSPS) is 10.8. The average molecular weight is 431 g/mol. The second-order valence-electron chi connectivity index (χ2n) is 4.07. The summed E-state index contributed by atoms with van der Waals surface area (Å²) in [5.74, 6) is -1.00. The van der Waals surface area contributed by atoms with Gasteiger partial charge in [-0.3, -0.25) is 5.43 Å². The van der Waals surface area contributed by atoms with Crippen molar-refractivity contribution in [2.75, 3.05) is 5.43 Å². The van der Waals surface area contributed by atoms with Gasteiger partial charge in [0.25, 0.3) is 0 Å². The second kappa shape index (κ2) is 6.75. The van der Waals surface area contributed by atoms with E-state index in [0.717, 1.165) is 0 Å². The summed E-state index contributed by atoms with van der Waals surface area (Å²) in [6.07, 6.45) is 2.53. The number of nitrogens with one attached hydrogen (secondary N) is 1. The van der Waals surface area contributed by atoms with E-state index in [9.17, 15) is 15.0 Å². The lowest BCUT2D eigenvalue weighted by atomic mass is 10.2. The van der Waals surface area contributed by atoms with Gasteiger partial charge in [-0.2, -0.15) is 5.10 Å². The summed E-state index contributed by atoms with van der Waals surface area (Å²) >= 11 is 6.21. The van der Waals surface area contributed by atoms with Gasteiger partial charge < -0.3 is 15.3 Å². The number of hydrogen-bond donors (Lipinski definition) is 4. The topological polar surface area (TPSA) is 115 Å². The van der Waals surface area contributed by atoms with E-state index in [1.807, 2.05) is 0 Å². The van der Waals surface area contributed by atoms with Crippen molar-refractivity contribution in [1.29, 1.82) is 0 Å². The summed E-state index contributed by atoms with van der Waals surface area (Å²) in [5.41, 5.74) is 3.02. The molecule has 7 nitrogen and oxygen atoms in total. The van der Waals surface area contributed by atoms with Crippen LogP contribution in [0.5, 0.6) is 11.5 Å². The molecule has 0 aliphatic rings. The Hall–Kier alpha value is -2.13. The average Bonchev–Trinajstić information content (AvgIpc) is 2.50. The number of carboxylic acids is 1. The van der Waals surface area contributed by atoms with Gasteiger partial charge in [-0.25, -0.2) is 9.78 Å². The molecule has 0 saturated heterocycles. The maximum atomic E-state index is 10.7. The van der Waals surface area contributed by atoms with E-state index in [2.05, 4.69) is 47.4 Å². The summed E-state index contributed by atoms with van der Waals surface area (Å²) in [5, 5.41) is 32.1. The molecule has 0 saturated carbocycles. The lowest BCUT2D eigenvalue weighted by Gasteiger charge is -2.06. The summed E-state index contributed by atoms with van der Waals surface area (Å²) in [6, 6.07) is 4.34. The Bertz CT molecular complexity index is 748. The molecule has 4 N–H and O–H groups in total. The van der Waals surface area contributed by atoms with Crippen LogP contribution in [-0.4, -0.2) is 32.5 Å². The maximum Gasteiger partial charge on any atom is 0.337 e. The smallest absolute Gasteiger partial charge is 0.337 e. The molecule has 0 aliphatic carbocycles. The van der Waals surface area contributed by atoms with Crippen LogP contribution in [0.25, 0.3) is 0 Å². The van der Waals surface area contributed by atoms with Gasteiger partial charge in [0, 0.05) is 11.8 Å². The van der Waals surface area contributed by atoms with Crippen LogP contribution in [0.2, 0.25) is 0 Å². The Morgan fingerprint density at radius 3 is 2.59 bits per heavy atom. The Morgan fingerprint density at radius 1 is 1.27 bits per heavy atom. The Morgan fingerprint density at radius 2 is 2.00 bits per heavy atom. The molecule has 9 heteroatoms. The number of aromatic carboxylic acids is 1. The minimum Gasteiger partial charge on any atom is -0.506 e. The van der Waals surface area contributed by atoms with Gasteiger partial charge in [0.05, 0.1) is 16.3 Å². The number of nitrogens with zero attached hydrogens (tertiary/aromatic N) is 2. The van der Waals surface area contributed by atoms with E-state index in [1.165, 1.54) is 30.6 Å². The summed E-state index contributed by atoms with van der Waals surface area (Å²) in [4.78, 5) is 14.6. The molecule has 0 unspecified atom stereocenters. The first kappa shape index (κ1) is 16.2. The van der Waals surface area contributed by atoms with E-state index in [1.54, 1.807) is 0 Å². The molecule has 1 heterocycles. The SMILES string of the molecule is O=C(O)c1ccc(N/N=C/c2cc(Br)c(O)c(Br)c2O)nc1. The third-order valence-electron chi connectivity index (χ3n) is 2.59. The van der Waals surface area contributed by atoms with Crippen LogP contribution in [0, 0.1) is 0 Å². The van der Waals surface area contributed by atoms with Gasteiger partial charge in [-0.15, -0.1) is 0 Å². The van der Waals surface area contributed by atoms with Crippen LogP contribution in [0.3, 0.4) is 0 Å². The summed E-state index contributed by atoms with van der Waals surface area (Å²) in [6.45, 7) is 0. The fourth-order valence-corrected chi connectivity index (χ4v) is 2.62. The van der Waals surface area contributed by atoms with Gasteiger partial charge in [0.2, 0.25) is 0 Å². The number of hydrogen-bond acceptors (Lipinski definition) is 6. The number of pyridine rings is 1. The predicted molar refractivity (Wildman–Crippen MR) is 87.6 cm³/mol. The number of aromatic nitrogens is 1. The highest BCUT2D eigenvalue weighted by Gasteiger charge is 2.12. The minimum absolute atomic E-state index is 0.0681. The number of aromatic hydroxyl groups is 2. The summed E-state index contributed by atoms with van der Waals surface area (Å²) in [7, 11) is 0. The molecule has 0 bridgehead atoms. The lowest BCUT2D eigenvalue weighted by molar-refractivity contribution is 0.0696. The third-order valence-corrected chi connectivity index (χ3v) is 3.95. The molecule has 22 heavy (non-hydrogen) atoms. The van der Waals surface area contributed by atoms with Crippen LogP contribution in [-0.2, 0) is 0 Å². The molecule has 2 aromatic rings. The van der Waals surface area contributed by atoms with Gasteiger partial charge in [0.1, 0.15) is 21.8 Å². The molecule has 0 atom stereocenters. The Kier molecular flexibility index (Phi) is 4.99. The number of phenols is 2. The van der Waals surface area contributed by atoms with E-state index in [4.69, 9.17) is 5.11 Å². The van der Waals surface area contributed by atoms with Crippen LogP contribution >= 0.6 is 31.9 Å². The van der Waals surface area contributed by atoms with E-state index >= 15 is 0 Å². The number of carbonyl (C=O) groups is 1. The second-order valence-corrected chi connectivity index (χ2v) is 5.71. The molecular weight excluding hydrogens is 422 g/mol. The number of anilines is 1. The van der Waals surface area contributed by atoms with Crippen molar-refractivity contribution >= 4 is 49.9 Å². The molecule has 0 fully saturated rings. The number of benzene rings is 1. The number of carboxylic acid groups (broad SMARTS) is 1. The minimum atomic E-state index is -1.06. The van der Waals surface area contributed by atoms with Crippen LogP contribution in [0.4, 0.5) is 5.82 Å². The monoisotopic (exact) mass is 429 g/mol. The number of hydrazone groups is 1. The third kappa shape index (κ3) is 3.55. The molecule has 1 aromatic heterocycles. The van der Waals surface area contributed by atoms with Crippen molar-refractivity contribution in [2.45, 2.75) is 0 Å². The molecular formula is C13H9Br2N3O4. The largest absolute Gasteiger partial charge is 0.506 e. The standard InChI is InChI=1S/C13H9Br2N3O4/c14-8-3-7(11(19)10(15)12(8)20)5-17-18-9-2-1-6(4-16-9)13(21)22/h1-5,19-20H,(H,16,18)(H,21,22)/b17-5+. The zero-order valence-electron chi connectivity index (χ0n) is 10.8. The first-order valence-electron chi connectivity index (χ1n) is 5.78. The quantitative estimate of drug-likeness (QED) is 0.437. The van der Waals surface area contributed by atoms with Gasteiger partial charge >= 0.3 is 5.97 Å². The van der Waals surface area contributed by atoms with Gasteiger partial charge in [0.15, 0.2) is 0 Å². The van der Waals surface area contributed by atoms with Crippen molar-refractivity contribution in [3.8, 4) is 11.5 Å². The Labute approximate surface area is 141 Å². The van der Waals surface area contributed by atoms with Crippen molar-refractivity contribution in [3.63, 3.8) is 0 Å². The van der Waals surface area contributed by atoms with Crippen LogP contribution < -0.4 is 5.43 Å². The zero-order valence-corrected chi connectivity index (χ0v) is 14.0. The molecule has 0 radical (unpaired) electrons. The summed E-state index contributed by atoms with van der Waals surface area (Å²) < 4.78 is 0.537. The maximum absolute atomic E-state index is 10.7. The van der Waals surface area contributed by atoms with Crippen LogP contribution in [0.15, 0.2) is 38.4 Å².